The van der Waals surface area contributed by atoms with E-state index in [2.05, 4.69) is 0 Å². The highest BCUT2D eigenvalue weighted by molar-refractivity contribution is 5.90. The molecule has 8 heteroatoms. The Morgan fingerprint density at radius 3 is 1.83 bits per heavy atom. The highest BCUT2D eigenvalue weighted by Crippen LogP contribution is 2.19. The van der Waals surface area contributed by atoms with Crippen LogP contribution in [-0.2, 0) is 28.6 Å². The maximum absolute atomic E-state index is 11.9. The van der Waals surface area contributed by atoms with Gasteiger partial charge in [0, 0.05) is 0 Å². The number of hydrogen-bond acceptors (Lipinski definition) is 7. The summed E-state index contributed by atoms with van der Waals surface area (Å²) in [6.07, 6.45) is -1.33. The van der Waals surface area contributed by atoms with E-state index in [4.69, 9.17) is 14.2 Å². The first-order valence-corrected chi connectivity index (χ1v) is 7.55. The molecule has 23 heavy (non-hydrogen) atoms. The van der Waals surface area contributed by atoms with Crippen LogP contribution in [0.3, 0.4) is 0 Å². The van der Waals surface area contributed by atoms with Gasteiger partial charge in [-0.25, -0.2) is 4.79 Å². The molecule has 1 atom stereocenters. The standard InChI is InChI=1S/C15H28NO7/c1-6-21-12(17)10-15(20,14(19)22-7-2)11-13(18)23-9-8-16(3,4)5/h20H,6-11H2,1-5H3/q+1. The Hall–Kier alpha value is -1.67. The Balaban J connectivity index is 4.77. The van der Waals surface area contributed by atoms with Gasteiger partial charge in [-0.05, 0) is 13.8 Å². The summed E-state index contributed by atoms with van der Waals surface area (Å²) < 4.78 is 15.1. The predicted molar refractivity (Wildman–Crippen MR) is 81.3 cm³/mol. The van der Waals surface area contributed by atoms with Crippen molar-refractivity contribution in [1.82, 2.24) is 0 Å². The Morgan fingerprint density at radius 2 is 1.39 bits per heavy atom. The van der Waals surface area contributed by atoms with Gasteiger partial charge in [-0.3, -0.25) is 9.59 Å². The lowest BCUT2D eigenvalue weighted by atomic mass is 9.95. The summed E-state index contributed by atoms with van der Waals surface area (Å²) in [5.41, 5.74) is -2.28. The zero-order valence-electron chi connectivity index (χ0n) is 14.6. The van der Waals surface area contributed by atoms with Crippen LogP contribution in [0.15, 0.2) is 0 Å². The second-order valence-corrected chi connectivity index (χ2v) is 6.15. The average Bonchev–Trinajstić information content (AvgIpc) is 2.37. The second kappa shape index (κ2) is 9.46. The molecule has 0 spiro atoms. The molecule has 0 saturated carbocycles. The first kappa shape index (κ1) is 21.3. The number of quaternary nitrogens is 1. The van der Waals surface area contributed by atoms with E-state index >= 15 is 0 Å². The van der Waals surface area contributed by atoms with Gasteiger partial charge in [0.15, 0.2) is 5.60 Å². The average molecular weight is 334 g/mol. The van der Waals surface area contributed by atoms with Crippen LogP contribution in [0.2, 0.25) is 0 Å². The summed E-state index contributed by atoms with van der Waals surface area (Å²) >= 11 is 0. The zero-order valence-corrected chi connectivity index (χ0v) is 14.6. The third kappa shape index (κ3) is 9.14. The smallest absolute Gasteiger partial charge is 0.339 e. The minimum Gasteiger partial charge on any atom is -0.466 e. The second-order valence-electron chi connectivity index (χ2n) is 6.15. The molecule has 0 aromatic carbocycles. The molecular formula is C15H28NO7+. The molecule has 0 amide bonds. The van der Waals surface area contributed by atoms with Crippen molar-refractivity contribution in [2.45, 2.75) is 32.3 Å². The zero-order chi connectivity index (χ0) is 18.1. The highest BCUT2D eigenvalue weighted by atomic mass is 16.6. The molecule has 1 N–H and O–H groups in total. The molecule has 0 radical (unpaired) electrons. The van der Waals surface area contributed by atoms with Crippen LogP contribution in [0.1, 0.15) is 26.7 Å². The van der Waals surface area contributed by atoms with Gasteiger partial charge in [0.2, 0.25) is 0 Å². The molecule has 0 saturated heterocycles. The summed E-state index contributed by atoms with van der Waals surface area (Å²) in [6, 6.07) is 0. The number of nitrogens with zero attached hydrogens (tertiary/aromatic N) is 1. The third-order valence-electron chi connectivity index (χ3n) is 2.86. The molecule has 0 bridgehead atoms. The van der Waals surface area contributed by atoms with E-state index in [1.165, 1.54) is 0 Å². The first-order chi connectivity index (χ1) is 10.5. The van der Waals surface area contributed by atoms with Crippen molar-refractivity contribution in [1.29, 1.82) is 0 Å². The van der Waals surface area contributed by atoms with Crippen LogP contribution in [0.5, 0.6) is 0 Å². The van der Waals surface area contributed by atoms with Crippen molar-refractivity contribution in [3.8, 4) is 0 Å². The quantitative estimate of drug-likeness (QED) is 0.337. The molecule has 0 heterocycles. The van der Waals surface area contributed by atoms with E-state index in [9.17, 15) is 19.5 Å². The lowest BCUT2D eigenvalue weighted by Gasteiger charge is -2.25. The number of carbonyl (C=O) groups excluding carboxylic acids is 3. The Kier molecular flexibility index (Phi) is 8.78. The molecule has 8 nitrogen and oxygen atoms in total. The van der Waals surface area contributed by atoms with Crippen LogP contribution < -0.4 is 0 Å². The number of esters is 3. The molecule has 0 rings (SSSR count). The lowest BCUT2D eigenvalue weighted by Crippen LogP contribution is -2.45. The molecule has 0 aromatic rings. The molecule has 134 valence electrons. The fourth-order valence-corrected chi connectivity index (χ4v) is 1.65. The summed E-state index contributed by atoms with van der Waals surface area (Å²) in [4.78, 5) is 35.3. The van der Waals surface area contributed by atoms with Crippen molar-refractivity contribution < 1.29 is 38.2 Å². The number of rotatable bonds is 10. The number of ether oxygens (including phenoxy) is 3. The predicted octanol–water partition coefficient (Wildman–Crippen LogP) is -0.127. The van der Waals surface area contributed by atoms with E-state index in [0.717, 1.165) is 0 Å². The van der Waals surface area contributed by atoms with Gasteiger partial charge in [0.25, 0.3) is 0 Å². The largest absolute Gasteiger partial charge is 0.466 e. The summed E-state index contributed by atoms with van der Waals surface area (Å²) in [6.45, 7) is 3.98. The summed E-state index contributed by atoms with van der Waals surface area (Å²) in [7, 11) is 5.80. The van der Waals surface area contributed by atoms with Crippen LogP contribution in [0, 0.1) is 0 Å². The SMILES string of the molecule is CCOC(=O)CC(O)(CC(=O)OCC[N+](C)(C)C)C(=O)OCC. The van der Waals surface area contributed by atoms with Gasteiger partial charge >= 0.3 is 17.9 Å². The van der Waals surface area contributed by atoms with Gasteiger partial charge < -0.3 is 23.8 Å². The molecular weight excluding hydrogens is 306 g/mol. The lowest BCUT2D eigenvalue weighted by molar-refractivity contribution is -0.870. The van der Waals surface area contributed by atoms with Crippen molar-refractivity contribution >= 4 is 17.9 Å². The highest BCUT2D eigenvalue weighted by Gasteiger charge is 2.43. The van der Waals surface area contributed by atoms with Gasteiger partial charge in [-0.1, -0.05) is 0 Å². The molecule has 0 fully saturated rings. The Labute approximate surface area is 136 Å². The Morgan fingerprint density at radius 1 is 0.913 bits per heavy atom. The van der Waals surface area contributed by atoms with E-state index in [-0.39, 0.29) is 19.8 Å². The van der Waals surface area contributed by atoms with Crippen molar-refractivity contribution in [3.63, 3.8) is 0 Å². The number of carbonyl (C=O) groups is 3. The van der Waals surface area contributed by atoms with Gasteiger partial charge in [0.1, 0.15) is 13.2 Å². The van der Waals surface area contributed by atoms with Crippen molar-refractivity contribution in [2.75, 3.05) is 47.5 Å². The number of hydrogen-bond donors (Lipinski definition) is 1. The number of aliphatic hydroxyl groups is 1. The maximum Gasteiger partial charge on any atom is 0.339 e. The molecule has 0 aliphatic carbocycles. The van der Waals surface area contributed by atoms with Crippen LogP contribution in [0.25, 0.3) is 0 Å². The Bertz CT molecular complexity index is 417. The van der Waals surface area contributed by atoms with Crippen LogP contribution in [-0.4, -0.2) is 80.6 Å². The monoisotopic (exact) mass is 334 g/mol. The molecule has 1 unspecified atom stereocenters. The minimum atomic E-state index is -2.28. The summed E-state index contributed by atoms with van der Waals surface area (Å²) in [5, 5.41) is 10.4. The first-order valence-electron chi connectivity index (χ1n) is 7.55. The normalized spacial score (nSPS) is 13.8. The van der Waals surface area contributed by atoms with E-state index < -0.39 is 36.4 Å². The minimum absolute atomic E-state index is 0.0144. The van der Waals surface area contributed by atoms with E-state index in [0.29, 0.717) is 11.0 Å². The van der Waals surface area contributed by atoms with Crippen molar-refractivity contribution in [3.05, 3.63) is 0 Å². The molecule has 0 aromatic heterocycles. The maximum atomic E-state index is 11.9. The fraction of sp³-hybridized carbons (Fsp3) is 0.800. The third-order valence-corrected chi connectivity index (χ3v) is 2.86. The van der Waals surface area contributed by atoms with Crippen LogP contribution in [0.4, 0.5) is 0 Å². The number of likely N-dealkylation sites (N-methyl/N-ethyl adjacent to an activating group) is 1. The van der Waals surface area contributed by atoms with Gasteiger partial charge in [-0.2, -0.15) is 0 Å². The van der Waals surface area contributed by atoms with Crippen molar-refractivity contribution in [2.24, 2.45) is 0 Å². The van der Waals surface area contributed by atoms with Gasteiger partial charge in [-0.15, -0.1) is 0 Å². The van der Waals surface area contributed by atoms with E-state index in [1.54, 1.807) is 13.8 Å². The molecule has 0 aliphatic heterocycles. The summed E-state index contributed by atoms with van der Waals surface area (Å²) in [5.74, 6) is -2.61. The van der Waals surface area contributed by atoms with Crippen LogP contribution >= 0.6 is 0 Å². The molecule has 0 aliphatic rings. The van der Waals surface area contributed by atoms with E-state index in [1.807, 2.05) is 21.1 Å². The fourth-order valence-electron chi connectivity index (χ4n) is 1.65. The van der Waals surface area contributed by atoms with Gasteiger partial charge in [0.05, 0.1) is 47.2 Å². The topological polar surface area (TPSA) is 99.1 Å².